The second-order valence-electron chi connectivity index (χ2n) is 6.66. The summed E-state index contributed by atoms with van der Waals surface area (Å²) in [5, 5.41) is 2.94. The lowest BCUT2D eigenvalue weighted by Gasteiger charge is -2.31. The van der Waals surface area contributed by atoms with Crippen LogP contribution in [0.25, 0.3) is 0 Å². The minimum absolute atomic E-state index is 0.0209. The molecule has 2 aliphatic heterocycles. The first-order valence-corrected chi connectivity index (χ1v) is 10.6. The van der Waals surface area contributed by atoms with Crippen molar-refractivity contribution in [3.63, 3.8) is 0 Å². The van der Waals surface area contributed by atoms with Gasteiger partial charge in [0.2, 0.25) is 5.91 Å². The van der Waals surface area contributed by atoms with Crippen LogP contribution in [0.3, 0.4) is 0 Å². The Hall–Kier alpha value is -1.31. The Morgan fingerprint density at radius 2 is 1.92 bits per heavy atom. The van der Waals surface area contributed by atoms with Crippen LogP contribution in [0.15, 0.2) is 0 Å². The topological polar surface area (TPSA) is 92.8 Å². The van der Waals surface area contributed by atoms with Crippen molar-refractivity contribution in [3.05, 3.63) is 0 Å². The molecule has 1 N–H and O–H groups in total. The monoisotopic (exact) mass is 360 g/mol. The first-order chi connectivity index (χ1) is 11.4. The Bertz CT molecular complexity index is 535. The number of amides is 2. The Morgan fingerprint density at radius 1 is 1.21 bits per heavy atom. The zero-order valence-electron chi connectivity index (χ0n) is 14.3. The van der Waals surface area contributed by atoms with Crippen LogP contribution in [0.1, 0.15) is 39.0 Å². The number of rotatable bonds is 5. The molecule has 2 aliphatic rings. The van der Waals surface area contributed by atoms with E-state index in [9.17, 15) is 18.0 Å². The molecule has 2 heterocycles. The molecule has 2 saturated heterocycles. The van der Waals surface area contributed by atoms with Crippen molar-refractivity contribution in [2.75, 3.05) is 37.7 Å². The quantitative estimate of drug-likeness (QED) is 0.795. The smallest absolute Gasteiger partial charge is 0.409 e. The maximum Gasteiger partial charge on any atom is 0.409 e. The molecule has 0 bridgehead atoms. The molecule has 0 saturated carbocycles. The number of carbonyl (C=O) groups is 2. The zero-order chi connectivity index (χ0) is 17.6. The molecule has 8 heteroatoms. The van der Waals surface area contributed by atoms with Crippen molar-refractivity contribution in [2.45, 2.75) is 39.0 Å². The SMILES string of the molecule is CCOC(=O)N1CCCC(C(=O)NCCC2CCS(=O)(=O)CC2)C1. The van der Waals surface area contributed by atoms with Crippen molar-refractivity contribution in [1.29, 1.82) is 0 Å². The maximum absolute atomic E-state index is 12.3. The van der Waals surface area contributed by atoms with Crippen LogP contribution in [-0.4, -0.2) is 63.1 Å². The Kier molecular flexibility index (Phi) is 6.89. The summed E-state index contributed by atoms with van der Waals surface area (Å²) in [6.07, 6.45) is 3.44. The van der Waals surface area contributed by atoms with Gasteiger partial charge in [-0.15, -0.1) is 0 Å². The Labute approximate surface area is 144 Å². The molecule has 0 aromatic rings. The summed E-state index contributed by atoms with van der Waals surface area (Å²) in [7, 11) is -2.83. The average Bonchev–Trinajstić information content (AvgIpc) is 2.56. The molecule has 0 radical (unpaired) electrons. The van der Waals surface area contributed by atoms with Crippen LogP contribution in [0.5, 0.6) is 0 Å². The van der Waals surface area contributed by atoms with Crippen molar-refractivity contribution in [3.8, 4) is 0 Å². The number of nitrogens with one attached hydrogen (secondary N) is 1. The highest BCUT2D eigenvalue weighted by atomic mass is 32.2. The summed E-state index contributed by atoms with van der Waals surface area (Å²) in [4.78, 5) is 25.6. The van der Waals surface area contributed by atoms with Gasteiger partial charge in [-0.2, -0.15) is 0 Å². The number of piperidine rings is 1. The minimum Gasteiger partial charge on any atom is -0.450 e. The highest BCUT2D eigenvalue weighted by Gasteiger charge is 2.29. The third kappa shape index (κ3) is 5.65. The summed E-state index contributed by atoms with van der Waals surface area (Å²) in [6, 6.07) is 0. The number of nitrogens with zero attached hydrogens (tertiary/aromatic N) is 1. The van der Waals surface area contributed by atoms with Gasteiger partial charge in [0, 0.05) is 19.6 Å². The van der Waals surface area contributed by atoms with Gasteiger partial charge in [-0.3, -0.25) is 4.79 Å². The molecule has 1 unspecified atom stereocenters. The Balaban J connectivity index is 1.69. The largest absolute Gasteiger partial charge is 0.450 e. The van der Waals surface area contributed by atoms with Crippen molar-refractivity contribution < 1.29 is 22.7 Å². The molecule has 0 aliphatic carbocycles. The summed E-state index contributed by atoms with van der Waals surface area (Å²) >= 11 is 0. The van der Waals surface area contributed by atoms with Gasteiger partial charge in [0.15, 0.2) is 0 Å². The molecule has 0 spiro atoms. The third-order valence-corrected chi connectivity index (χ3v) is 6.56. The Morgan fingerprint density at radius 3 is 2.58 bits per heavy atom. The van der Waals surface area contributed by atoms with E-state index >= 15 is 0 Å². The zero-order valence-corrected chi connectivity index (χ0v) is 15.1. The van der Waals surface area contributed by atoms with Crippen LogP contribution >= 0.6 is 0 Å². The first-order valence-electron chi connectivity index (χ1n) is 8.81. The fourth-order valence-corrected chi connectivity index (χ4v) is 4.93. The van der Waals surface area contributed by atoms with E-state index < -0.39 is 9.84 Å². The molecule has 0 aromatic carbocycles. The van der Waals surface area contributed by atoms with Crippen LogP contribution in [-0.2, 0) is 19.4 Å². The van der Waals surface area contributed by atoms with Gasteiger partial charge < -0.3 is 15.0 Å². The number of likely N-dealkylation sites (tertiary alicyclic amines) is 1. The summed E-state index contributed by atoms with van der Waals surface area (Å²) in [5.74, 6) is 0.699. The molecule has 2 amide bonds. The van der Waals surface area contributed by atoms with Gasteiger partial charge in [0.05, 0.1) is 24.0 Å². The number of carbonyl (C=O) groups excluding carboxylic acids is 2. The van der Waals surface area contributed by atoms with E-state index in [1.807, 2.05) is 0 Å². The van der Waals surface area contributed by atoms with E-state index in [0.717, 1.165) is 19.3 Å². The van der Waals surface area contributed by atoms with Crippen LogP contribution < -0.4 is 5.32 Å². The highest BCUT2D eigenvalue weighted by Crippen LogP contribution is 2.22. The van der Waals surface area contributed by atoms with Crippen molar-refractivity contribution >= 4 is 21.8 Å². The van der Waals surface area contributed by atoms with Gasteiger partial charge in [-0.25, -0.2) is 13.2 Å². The van der Waals surface area contributed by atoms with E-state index in [4.69, 9.17) is 4.74 Å². The summed E-state index contributed by atoms with van der Waals surface area (Å²) in [6.45, 7) is 3.72. The van der Waals surface area contributed by atoms with Gasteiger partial charge >= 0.3 is 6.09 Å². The second-order valence-corrected chi connectivity index (χ2v) is 8.96. The standard InChI is InChI=1S/C16H28N2O5S/c1-2-23-16(20)18-9-3-4-14(12-18)15(19)17-8-5-13-6-10-24(21,22)11-7-13/h13-14H,2-12H2,1H3,(H,17,19). The minimum atomic E-state index is -2.83. The third-order valence-electron chi connectivity index (χ3n) is 4.84. The van der Waals surface area contributed by atoms with Crippen molar-refractivity contribution in [1.82, 2.24) is 10.2 Å². The fourth-order valence-electron chi connectivity index (χ4n) is 3.34. The lowest BCUT2D eigenvalue weighted by atomic mass is 9.96. The molecular formula is C16H28N2O5S. The fraction of sp³-hybridized carbons (Fsp3) is 0.875. The van der Waals surface area contributed by atoms with E-state index in [0.29, 0.717) is 45.0 Å². The molecule has 0 aromatic heterocycles. The van der Waals surface area contributed by atoms with Crippen molar-refractivity contribution in [2.24, 2.45) is 11.8 Å². The number of hydrogen-bond donors (Lipinski definition) is 1. The van der Waals surface area contributed by atoms with E-state index in [1.54, 1.807) is 11.8 Å². The van der Waals surface area contributed by atoms with Crippen LogP contribution in [0.2, 0.25) is 0 Å². The van der Waals surface area contributed by atoms with E-state index in [2.05, 4.69) is 5.32 Å². The lowest BCUT2D eigenvalue weighted by Crippen LogP contribution is -2.46. The van der Waals surface area contributed by atoms with E-state index in [1.165, 1.54) is 0 Å². The molecule has 2 rings (SSSR count). The van der Waals surface area contributed by atoms with E-state index in [-0.39, 0.29) is 29.4 Å². The molecule has 2 fully saturated rings. The van der Waals surface area contributed by atoms with Gasteiger partial charge in [-0.1, -0.05) is 0 Å². The normalized spacial score (nSPS) is 24.4. The molecule has 1 atom stereocenters. The second kappa shape index (κ2) is 8.69. The molecule has 138 valence electrons. The first kappa shape index (κ1) is 19.0. The predicted octanol–water partition coefficient (Wildman–Crippen LogP) is 1.19. The number of ether oxygens (including phenoxy) is 1. The highest BCUT2D eigenvalue weighted by molar-refractivity contribution is 7.91. The molecule has 7 nitrogen and oxygen atoms in total. The van der Waals surface area contributed by atoms with Gasteiger partial charge in [-0.05, 0) is 44.9 Å². The van der Waals surface area contributed by atoms with Gasteiger partial charge in [0.25, 0.3) is 0 Å². The van der Waals surface area contributed by atoms with Crippen LogP contribution in [0, 0.1) is 11.8 Å². The number of hydrogen-bond acceptors (Lipinski definition) is 5. The summed E-state index contributed by atoms with van der Waals surface area (Å²) in [5.41, 5.74) is 0. The maximum atomic E-state index is 12.3. The number of sulfone groups is 1. The lowest BCUT2D eigenvalue weighted by molar-refractivity contribution is -0.126. The predicted molar refractivity (Wildman–Crippen MR) is 90.3 cm³/mol. The van der Waals surface area contributed by atoms with Crippen LogP contribution in [0.4, 0.5) is 4.79 Å². The molecular weight excluding hydrogens is 332 g/mol. The average molecular weight is 360 g/mol. The summed E-state index contributed by atoms with van der Waals surface area (Å²) < 4.78 is 27.8. The molecule has 24 heavy (non-hydrogen) atoms. The van der Waals surface area contributed by atoms with Gasteiger partial charge in [0.1, 0.15) is 9.84 Å².